The van der Waals surface area contributed by atoms with Crippen molar-refractivity contribution in [2.45, 2.75) is 108 Å². The summed E-state index contributed by atoms with van der Waals surface area (Å²) in [5.41, 5.74) is 13.5. The number of aromatic hydroxyl groups is 1. The molecule has 11 rings (SSSR count). The summed E-state index contributed by atoms with van der Waals surface area (Å²) >= 11 is 1.59. The first-order valence-electron chi connectivity index (χ1n) is 27.3. The van der Waals surface area contributed by atoms with Gasteiger partial charge < -0.3 is 55.1 Å². The molecule has 0 saturated carbocycles. The second-order valence-corrected chi connectivity index (χ2v) is 23.1. The van der Waals surface area contributed by atoms with Gasteiger partial charge in [-0.15, -0.1) is 21.5 Å². The number of aryl methyl sites for hydroxylation is 1. The fourth-order valence-corrected chi connectivity index (χ4v) is 13.0. The van der Waals surface area contributed by atoms with E-state index in [4.69, 9.17) is 19.7 Å². The van der Waals surface area contributed by atoms with Crippen molar-refractivity contribution < 1.29 is 38.9 Å². The van der Waals surface area contributed by atoms with Crippen molar-refractivity contribution in [1.82, 2.24) is 45.3 Å². The number of nitrogens with one attached hydrogen (secondary N) is 1. The van der Waals surface area contributed by atoms with Crippen LogP contribution in [-0.4, -0.2) is 169 Å². The van der Waals surface area contributed by atoms with E-state index in [1.165, 1.54) is 4.90 Å². The SMILES string of the molecule is Cc1ncsc1-c1ccc([C@@H](C)NC(=O)[C@H]2C[C@H](O)CN2C(=O)[C@H](c2cc(OCCN3CCC(O)(CN4CC(Oc5cc(N6C7CCC6CN(c6cc(-c8ccccc8O)nnc6N)C7)ccn5)C4)CC3)no2)C(C)C)cc1. The molecule has 9 heterocycles. The third kappa shape index (κ3) is 11.3. The van der Waals surface area contributed by atoms with Crippen LogP contribution in [0.5, 0.6) is 17.5 Å². The van der Waals surface area contributed by atoms with Gasteiger partial charge in [-0.05, 0) is 86.0 Å². The highest BCUT2D eigenvalue weighted by Gasteiger charge is 2.45. The second-order valence-electron chi connectivity index (χ2n) is 22.2. The van der Waals surface area contributed by atoms with E-state index >= 15 is 0 Å². The largest absolute Gasteiger partial charge is 0.507 e. The van der Waals surface area contributed by atoms with Gasteiger partial charge in [0.25, 0.3) is 5.88 Å². The summed E-state index contributed by atoms with van der Waals surface area (Å²) in [7, 11) is 0. The number of β-amino-alcohol motifs (C(OH)–C–C–N with tert-alkyl or cyclic N) is 2. The molecule has 5 fully saturated rings. The molecule has 6 atom stereocenters. The molecule has 2 aromatic carbocycles. The van der Waals surface area contributed by atoms with Gasteiger partial charge in [0.05, 0.1) is 45.2 Å². The molecule has 0 aliphatic carbocycles. The molecule has 6 N–H and O–H groups in total. The fourth-order valence-electron chi connectivity index (χ4n) is 12.2. The Morgan fingerprint density at radius 1 is 0.923 bits per heavy atom. The zero-order chi connectivity index (χ0) is 54.2. The van der Waals surface area contributed by atoms with Crippen molar-refractivity contribution in [3.05, 3.63) is 102 Å². The molecule has 0 spiro atoms. The number of nitrogen functional groups attached to an aromatic ring is 1. The third-order valence-corrected chi connectivity index (χ3v) is 17.4. The zero-order valence-electron chi connectivity index (χ0n) is 44.6. The number of phenolic OH excluding ortho intramolecular Hbond substituents is 1. The van der Waals surface area contributed by atoms with Crippen LogP contribution in [0, 0.1) is 12.8 Å². The van der Waals surface area contributed by atoms with Crippen LogP contribution >= 0.6 is 11.3 Å². The average Bonchev–Trinajstić information content (AvgIpc) is 4.30. The van der Waals surface area contributed by atoms with Crippen molar-refractivity contribution in [2.24, 2.45) is 5.92 Å². The van der Waals surface area contributed by atoms with E-state index in [9.17, 15) is 24.9 Å². The van der Waals surface area contributed by atoms with E-state index in [-0.39, 0.29) is 66.6 Å². The number of fused-ring (bicyclic) bond motifs is 2. The number of piperazine rings is 1. The lowest BCUT2D eigenvalue weighted by molar-refractivity contribution is -0.141. The quantitative estimate of drug-likeness (QED) is 0.0698. The van der Waals surface area contributed by atoms with Gasteiger partial charge in [0.15, 0.2) is 11.6 Å². The lowest BCUT2D eigenvalue weighted by Crippen LogP contribution is -2.60. The topological polar surface area (TPSA) is 245 Å². The number of thiazole rings is 1. The zero-order valence-corrected chi connectivity index (χ0v) is 45.5. The standard InChI is InChI=1S/C57H70N12O8S/c1-34(2)52(56(73)68-29-42(70)24-47(68)55(72)61-35(3)37-9-11-38(12-10-37)53-36(4)60-33-78-53)49-26-51(64-77-49)75-22-21-65-19-16-57(74,17-20-65)32-66-30-43(31-66)76-50-23-39(15-18-59-50)69-40-13-14-41(69)28-67(27-40)46-25-45(62-63-54(46)58)44-7-5-6-8-48(44)71/h5-12,15,18,23,25-26,33-35,40-43,47,52,70-71,74H,13-14,16-17,19-22,24,27-32H2,1-4H3,(H2,58,63)(H,61,72)/t35-,40?,41?,42+,47-,52+/m1/s1. The van der Waals surface area contributed by atoms with E-state index in [0.29, 0.717) is 74.3 Å². The molecule has 6 aromatic rings. The van der Waals surface area contributed by atoms with Gasteiger partial charge >= 0.3 is 0 Å². The molecule has 5 aliphatic heterocycles. The maximum atomic E-state index is 14.3. The number of nitrogens with two attached hydrogens (primary N) is 1. The van der Waals surface area contributed by atoms with Crippen molar-refractivity contribution in [1.29, 1.82) is 0 Å². The summed E-state index contributed by atoms with van der Waals surface area (Å²) in [6.45, 7) is 13.7. The van der Waals surface area contributed by atoms with Crippen LogP contribution in [0.1, 0.15) is 81.9 Å². The minimum Gasteiger partial charge on any atom is -0.507 e. The monoisotopic (exact) mass is 1080 g/mol. The van der Waals surface area contributed by atoms with E-state index in [2.05, 4.69) is 62.4 Å². The Kier molecular flexibility index (Phi) is 15.3. The molecular formula is C57H70N12O8S. The number of aliphatic hydroxyl groups excluding tert-OH is 1. The molecule has 21 heteroatoms. The van der Waals surface area contributed by atoms with Gasteiger partial charge in [0.2, 0.25) is 17.7 Å². The summed E-state index contributed by atoms with van der Waals surface area (Å²) < 4.78 is 18.2. The normalized spacial score (nSPS) is 22.4. The Balaban J connectivity index is 0.610. The third-order valence-electron chi connectivity index (χ3n) is 16.4. The molecule has 2 unspecified atom stereocenters. The first-order chi connectivity index (χ1) is 37.6. The molecule has 78 heavy (non-hydrogen) atoms. The van der Waals surface area contributed by atoms with Crippen LogP contribution in [0.4, 0.5) is 17.2 Å². The van der Waals surface area contributed by atoms with Crippen LogP contribution < -0.4 is 30.3 Å². The number of hydrogen-bond donors (Lipinski definition) is 5. The molecule has 5 aliphatic rings. The highest BCUT2D eigenvalue weighted by molar-refractivity contribution is 7.13. The predicted molar refractivity (Wildman–Crippen MR) is 295 cm³/mol. The minimum atomic E-state index is -0.844. The van der Waals surface area contributed by atoms with E-state index in [1.807, 2.05) is 81.9 Å². The molecule has 2 bridgehead atoms. The Bertz CT molecular complexity index is 3060. The number of aromatic nitrogens is 5. The number of phenols is 1. The van der Waals surface area contributed by atoms with Gasteiger partial charge in [-0.2, -0.15) is 0 Å². The second kappa shape index (κ2) is 22.4. The van der Waals surface area contributed by atoms with Crippen molar-refractivity contribution in [3.8, 4) is 39.2 Å². The number of para-hydroxylation sites is 1. The molecule has 2 amide bonds. The molecule has 4 aromatic heterocycles. The number of aliphatic hydroxyl groups is 2. The highest BCUT2D eigenvalue weighted by Crippen LogP contribution is 2.40. The lowest BCUT2D eigenvalue weighted by Gasteiger charge is -2.46. The number of likely N-dealkylation sites (tertiary alicyclic amines) is 3. The maximum absolute atomic E-state index is 14.3. The van der Waals surface area contributed by atoms with Gasteiger partial charge in [-0.1, -0.05) is 50.2 Å². The Hall–Kier alpha value is -6.91. The van der Waals surface area contributed by atoms with Crippen LogP contribution in [0.3, 0.4) is 0 Å². The minimum absolute atomic E-state index is 0.0196. The summed E-state index contributed by atoms with van der Waals surface area (Å²) in [4.78, 5) is 48.8. The smallest absolute Gasteiger partial charge is 0.254 e. The lowest BCUT2D eigenvalue weighted by atomic mass is 9.89. The maximum Gasteiger partial charge on any atom is 0.254 e. The van der Waals surface area contributed by atoms with Crippen LogP contribution in [0.2, 0.25) is 0 Å². The summed E-state index contributed by atoms with van der Waals surface area (Å²) in [6.07, 6.45) is 4.47. The van der Waals surface area contributed by atoms with Gasteiger partial charge in [0, 0.05) is 107 Å². The first-order valence-corrected chi connectivity index (χ1v) is 28.2. The van der Waals surface area contributed by atoms with Crippen LogP contribution in [-0.2, 0) is 9.59 Å². The number of nitrogens with zero attached hydrogens (tertiary/aromatic N) is 10. The van der Waals surface area contributed by atoms with Crippen LogP contribution in [0.25, 0.3) is 21.7 Å². The van der Waals surface area contributed by atoms with Gasteiger partial charge in [-0.3, -0.25) is 19.4 Å². The molecule has 412 valence electrons. The number of rotatable bonds is 18. The number of carbonyl (C=O) groups excluding carboxylic acids is 2. The number of amides is 2. The van der Waals surface area contributed by atoms with Crippen molar-refractivity contribution >= 4 is 40.3 Å². The molecule has 20 nitrogen and oxygen atoms in total. The van der Waals surface area contributed by atoms with Gasteiger partial charge in [0.1, 0.15) is 30.4 Å². The van der Waals surface area contributed by atoms with Crippen molar-refractivity contribution in [3.63, 3.8) is 0 Å². The number of pyridine rings is 1. The fraction of sp³-hybridized carbons (Fsp3) is 0.491. The number of benzene rings is 2. The van der Waals surface area contributed by atoms with Gasteiger partial charge in [-0.25, -0.2) is 9.97 Å². The first kappa shape index (κ1) is 53.1. The van der Waals surface area contributed by atoms with E-state index < -0.39 is 23.7 Å². The van der Waals surface area contributed by atoms with E-state index in [1.54, 1.807) is 29.5 Å². The number of carbonyl (C=O) groups is 2. The summed E-state index contributed by atoms with van der Waals surface area (Å²) in [5, 5.41) is 48.6. The molecular weight excluding hydrogens is 1010 g/mol. The Morgan fingerprint density at radius 2 is 1.68 bits per heavy atom. The number of hydrogen-bond acceptors (Lipinski definition) is 19. The number of anilines is 3. The van der Waals surface area contributed by atoms with E-state index in [0.717, 1.165) is 72.1 Å². The molecule has 0 radical (unpaired) electrons. The number of ether oxygens (including phenoxy) is 2. The Labute approximate surface area is 458 Å². The highest BCUT2D eigenvalue weighted by atomic mass is 32.1. The number of piperidine rings is 1. The summed E-state index contributed by atoms with van der Waals surface area (Å²) in [5.74, 6) is 0.158. The Morgan fingerprint density at radius 3 is 2.40 bits per heavy atom. The molecule has 5 saturated heterocycles. The van der Waals surface area contributed by atoms with Crippen molar-refractivity contribution in [2.75, 3.05) is 81.0 Å². The van der Waals surface area contributed by atoms with Crippen LogP contribution in [0.15, 0.2) is 89.0 Å². The summed E-state index contributed by atoms with van der Waals surface area (Å²) in [6, 6.07) is 22.2. The average molecular weight is 1080 g/mol. The predicted octanol–water partition coefficient (Wildman–Crippen LogP) is 5.65.